The Kier molecular flexibility index (Phi) is 4.76. The Morgan fingerprint density at radius 2 is 2.12 bits per heavy atom. The Balaban J connectivity index is 3.01. The van der Waals surface area contributed by atoms with Gasteiger partial charge < -0.3 is 5.11 Å². The summed E-state index contributed by atoms with van der Waals surface area (Å²) in [4.78, 5) is 0. The second kappa shape index (κ2) is 5.36. The lowest BCUT2D eigenvalue weighted by Crippen LogP contribution is -2.52. The summed E-state index contributed by atoms with van der Waals surface area (Å²) in [6, 6.07) is 3.22. The van der Waals surface area contributed by atoms with Gasteiger partial charge in [-0.2, -0.15) is 0 Å². The van der Waals surface area contributed by atoms with Crippen LogP contribution in [0.4, 0.5) is 0 Å². The average Bonchev–Trinajstić information content (AvgIpc) is 2.64. The molecule has 0 radical (unpaired) electrons. The van der Waals surface area contributed by atoms with Crippen LogP contribution in [0.15, 0.2) is 20.1 Å². The number of hydrogen-bond acceptors (Lipinski definition) is 4. The van der Waals surface area contributed by atoms with E-state index in [-0.39, 0.29) is 16.7 Å². The zero-order valence-corrected chi connectivity index (χ0v) is 13.1. The molecule has 1 rings (SSSR count). The van der Waals surface area contributed by atoms with Crippen LogP contribution in [-0.2, 0) is 10.0 Å². The number of nitrogens with one attached hydrogen (secondary N) is 1. The Labute approximate surface area is 114 Å². The van der Waals surface area contributed by atoms with Gasteiger partial charge >= 0.3 is 0 Å². The van der Waals surface area contributed by atoms with Crippen molar-refractivity contribution in [3.8, 4) is 0 Å². The molecule has 7 heteroatoms. The van der Waals surface area contributed by atoms with E-state index in [9.17, 15) is 13.5 Å². The Morgan fingerprint density at radius 3 is 2.47 bits per heavy atom. The van der Waals surface area contributed by atoms with Crippen molar-refractivity contribution in [1.82, 2.24) is 4.72 Å². The predicted octanol–water partition coefficient (Wildman–Crippen LogP) is 2.20. The molecule has 1 aromatic heterocycles. The summed E-state index contributed by atoms with van der Waals surface area (Å²) in [6.45, 7) is 5.18. The van der Waals surface area contributed by atoms with Gasteiger partial charge in [0.1, 0.15) is 4.21 Å². The Hall–Kier alpha value is 0.0500. The fourth-order valence-corrected chi connectivity index (χ4v) is 4.67. The molecule has 1 atom stereocenters. The van der Waals surface area contributed by atoms with Crippen LogP contribution in [0.2, 0.25) is 0 Å². The second-order valence-corrected chi connectivity index (χ2v) is 8.77. The molecule has 0 bridgehead atoms. The summed E-state index contributed by atoms with van der Waals surface area (Å²) in [7, 11) is -3.58. The van der Waals surface area contributed by atoms with Crippen LogP contribution in [0.25, 0.3) is 0 Å². The molecule has 2 N–H and O–H groups in total. The van der Waals surface area contributed by atoms with E-state index in [0.717, 1.165) is 15.1 Å². The molecule has 0 saturated carbocycles. The van der Waals surface area contributed by atoms with E-state index < -0.39 is 15.6 Å². The fourth-order valence-electron chi connectivity index (χ4n) is 1.13. The van der Waals surface area contributed by atoms with Crippen LogP contribution >= 0.6 is 27.3 Å². The van der Waals surface area contributed by atoms with Crippen LogP contribution in [-0.4, -0.2) is 25.7 Å². The maximum atomic E-state index is 12.1. The van der Waals surface area contributed by atoms with E-state index in [1.54, 1.807) is 13.0 Å². The monoisotopic (exact) mass is 341 g/mol. The highest BCUT2D eigenvalue weighted by Gasteiger charge is 2.33. The highest BCUT2D eigenvalue weighted by molar-refractivity contribution is 9.11. The largest absolute Gasteiger partial charge is 0.394 e. The first-order valence-electron chi connectivity index (χ1n) is 5.11. The maximum Gasteiger partial charge on any atom is 0.250 e. The molecule has 0 saturated heterocycles. The first-order valence-corrected chi connectivity index (χ1v) is 8.21. The summed E-state index contributed by atoms with van der Waals surface area (Å²) in [5.74, 6) is -0.00863. The Morgan fingerprint density at radius 1 is 1.53 bits per heavy atom. The van der Waals surface area contributed by atoms with E-state index in [4.69, 9.17) is 0 Å². The molecule has 0 amide bonds. The average molecular weight is 342 g/mol. The highest BCUT2D eigenvalue weighted by Crippen LogP contribution is 2.28. The summed E-state index contributed by atoms with van der Waals surface area (Å²) < 4.78 is 27.7. The van der Waals surface area contributed by atoms with E-state index in [0.29, 0.717) is 0 Å². The number of rotatable bonds is 5. The molecule has 0 spiro atoms. The number of sulfonamides is 1. The first-order chi connectivity index (χ1) is 7.71. The maximum absolute atomic E-state index is 12.1. The number of halogens is 1. The van der Waals surface area contributed by atoms with Crippen molar-refractivity contribution in [3.63, 3.8) is 0 Å². The van der Waals surface area contributed by atoms with Gasteiger partial charge in [0.25, 0.3) is 10.0 Å². The van der Waals surface area contributed by atoms with Gasteiger partial charge in [-0.15, -0.1) is 11.3 Å². The van der Waals surface area contributed by atoms with E-state index in [1.165, 1.54) is 6.07 Å². The number of thiophene rings is 1. The lowest BCUT2D eigenvalue weighted by Gasteiger charge is -2.32. The van der Waals surface area contributed by atoms with Crippen molar-refractivity contribution in [2.45, 2.75) is 30.5 Å². The van der Waals surface area contributed by atoms with Crippen molar-refractivity contribution in [1.29, 1.82) is 0 Å². The summed E-state index contributed by atoms with van der Waals surface area (Å²) in [5.41, 5.74) is -0.852. The molecular formula is C10H16BrNO3S2. The van der Waals surface area contributed by atoms with Crippen molar-refractivity contribution in [2.24, 2.45) is 5.92 Å². The van der Waals surface area contributed by atoms with Crippen LogP contribution in [0.1, 0.15) is 20.8 Å². The number of aliphatic hydroxyl groups is 1. The smallest absolute Gasteiger partial charge is 0.250 e. The molecule has 1 aromatic rings. The molecule has 4 nitrogen and oxygen atoms in total. The van der Waals surface area contributed by atoms with Gasteiger partial charge in [-0.1, -0.05) is 13.8 Å². The van der Waals surface area contributed by atoms with Gasteiger partial charge in [-0.25, -0.2) is 13.1 Å². The molecule has 0 aromatic carbocycles. The quantitative estimate of drug-likeness (QED) is 0.862. The highest BCUT2D eigenvalue weighted by atomic mass is 79.9. The summed E-state index contributed by atoms with van der Waals surface area (Å²) in [5, 5.41) is 9.34. The molecule has 0 fully saturated rings. The molecule has 0 aliphatic rings. The lowest BCUT2D eigenvalue weighted by molar-refractivity contribution is 0.155. The molecule has 0 aliphatic carbocycles. The fraction of sp³-hybridized carbons (Fsp3) is 0.600. The predicted molar refractivity (Wildman–Crippen MR) is 72.7 cm³/mol. The van der Waals surface area contributed by atoms with Crippen molar-refractivity contribution in [2.75, 3.05) is 6.61 Å². The minimum absolute atomic E-state index is 0.00863. The Bertz CT molecular complexity index is 483. The number of aliphatic hydroxyl groups excluding tert-OH is 1. The van der Waals surface area contributed by atoms with Crippen molar-refractivity contribution < 1.29 is 13.5 Å². The minimum Gasteiger partial charge on any atom is -0.394 e. The van der Waals surface area contributed by atoms with E-state index in [2.05, 4.69) is 20.7 Å². The van der Waals surface area contributed by atoms with E-state index in [1.807, 2.05) is 13.8 Å². The van der Waals surface area contributed by atoms with Crippen molar-refractivity contribution in [3.05, 3.63) is 15.9 Å². The third-order valence-corrected chi connectivity index (χ3v) is 6.51. The standard InChI is InChI=1S/C10H16BrNO3S2/c1-7(2)10(3,6-13)12-17(14,15)9-5-4-8(11)16-9/h4-5,7,12-13H,6H2,1-3H3/t10-/m1/s1. The third kappa shape index (κ3) is 3.51. The zero-order chi connectivity index (χ0) is 13.3. The van der Waals surface area contributed by atoms with Crippen LogP contribution in [0.5, 0.6) is 0 Å². The van der Waals surface area contributed by atoms with E-state index >= 15 is 0 Å². The zero-order valence-electron chi connectivity index (χ0n) is 9.90. The third-order valence-electron chi connectivity index (χ3n) is 2.78. The van der Waals surface area contributed by atoms with Crippen LogP contribution in [0.3, 0.4) is 0 Å². The topological polar surface area (TPSA) is 66.4 Å². The van der Waals surface area contributed by atoms with Gasteiger partial charge in [0.05, 0.1) is 15.9 Å². The second-order valence-electron chi connectivity index (χ2n) is 4.39. The van der Waals surface area contributed by atoms with Crippen LogP contribution < -0.4 is 4.72 Å². The summed E-state index contributed by atoms with van der Waals surface area (Å²) >= 11 is 4.37. The molecule has 0 unspecified atom stereocenters. The first kappa shape index (κ1) is 15.1. The van der Waals surface area contributed by atoms with Gasteiger partial charge in [-0.3, -0.25) is 0 Å². The number of hydrogen-bond donors (Lipinski definition) is 2. The van der Waals surface area contributed by atoms with Gasteiger partial charge in [-0.05, 0) is 40.9 Å². The van der Waals surface area contributed by atoms with Gasteiger partial charge in [0.2, 0.25) is 0 Å². The van der Waals surface area contributed by atoms with Crippen LogP contribution in [0, 0.1) is 5.92 Å². The summed E-state index contributed by atoms with van der Waals surface area (Å²) in [6.07, 6.45) is 0. The molecule has 1 heterocycles. The van der Waals surface area contributed by atoms with Crippen molar-refractivity contribution >= 4 is 37.3 Å². The van der Waals surface area contributed by atoms with Gasteiger partial charge in [0.15, 0.2) is 0 Å². The molecule has 17 heavy (non-hydrogen) atoms. The molecule has 98 valence electrons. The normalized spacial score (nSPS) is 16.1. The SMILES string of the molecule is CC(C)[C@@](C)(CO)NS(=O)(=O)c1ccc(Br)s1. The molecular weight excluding hydrogens is 326 g/mol. The molecule has 0 aliphatic heterocycles. The van der Waals surface area contributed by atoms with Gasteiger partial charge in [0, 0.05) is 0 Å². The minimum atomic E-state index is -3.58. The lowest BCUT2D eigenvalue weighted by atomic mass is 9.91.